The van der Waals surface area contributed by atoms with E-state index >= 15 is 0 Å². The summed E-state index contributed by atoms with van der Waals surface area (Å²) in [6, 6.07) is 8.40. The van der Waals surface area contributed by atoms with Gasteiger partial charge in [0.25, 0.3) is 0 Å². The molecule has 2 fully saturated rings. The third-order valence-electron chi connectivity index (χ3n) is 6.11. The Bertz CT molecular complexity index is 622. The summed E-state index contributed by atoms with van der Waals surface area (Å²) in [7, 11) is 1.62. The number of carbonyl (C=O) groups is 1. The van der Waals surface area contributed by atoms with Crippen LogP contribution in [0.5, 0.6) is 0 Å². The molecule has 4 nitrogen and oxygen atoms in total. The molecule has 1 heterocycles. The van der Waals surface area contributed by atoms with E-state index in [1.807, 2.05) is 4.90 Å². The monoisotopic (exact) mass is 345 g/mol. The Morgan fingerprint density at radius 1 is 1.08 bits per heavy atom. The summed E-state index contributed by atoms with van der Waals surface area (Å²) in [5.74, 6) is 0.232. The molecule has 1 saturated carbocycles. The van der Waals surface area contributed by atoms with E-state index in [9.17, 15) is 9.90 Å². The Labute approximate surface area is 151 Å². The molecule has 0 aromatic heterocycles. The predicted molar refractivity (Wildman–Crippen MR) is 99.8 cm³/mol. The second-order valence-corrected chi connectivity index (χ2v) is 8.94. The quantitative estimate of drug-likeness (QED) is 0.909. The van der Waals surface area contributed by atoms with Gasteiger partial charge in [-0.1, -0.05) is 32.9 Å². The lowest BCUT2D eigenvalue weighted by Gasteiger charge is -2.40. The van der Waals surface area contributed by atoms with Crippen molar-refractivity contribution in [1.29, 1.82) is 0 Å². The van der Waals surface area contributed by atoms with Crippen molar-refractivity contribution in [2.24, 2.45) is 5.41 Å². The Morgan fingerprint density at radius 2 is 1.68 bits per heavy atom. The lowest BCUT2D eigenvalue weighted by atomic mass is 9.68. The van der Waals surface area contributed by atoms with E-state index in [4.69, 9.17) is 4.74 Å². The molecule has 2 aliphatic rings. The lowest BCUT2D eigenvalue weighted by molar-refractivity contribution is -0.133. The lowest BCUT2D eigenvalue weighted by Crippen LogP contribution is -2.45. The number of anilines is 1. The highest BCUT2D eigenvalue weighted by molar-refractivity contribution is 6.00. The number of hydrogen-bond acceptors (Lipinski definition) is 3. The third kappa shape index (κ3) is 3.47. The molecule has 4 heteroatoms. The van der Waals surface area contributed by atoms with Crippen LogP contribution in [0.15, 0.2) is 24.3 Å². The van der Waals surface area contributed by atoms with E-state index < -0.39 is 5.60 Å². The van der Waals surface area contributed by atoms with E-state index in [-0.39, 0.29) is 16.7 Å². The molecule has 138 valence electrons. The number of carbonyl (C=O) groups excluding carboxylic acids is 1. The van der Waals surface area contributed by atoms with Crippen LogP contribution in [0.4, 0.5) is 5.69 Å². The number of rotatable bonds is 3. The van der Waals surface area contributed by atoms with Crippen molar-refractivity contribution >= 4 is 11.6 Å². The molecule has 1 amide bonds. The number of aliphatic hydroxyl groups is 1. The van der Waals surface area contributed by atoms with Gasteiger partial charge in [-0.3, -0.25) is 4.79 Å². The minimum atomic E-state index is -0.762. The van der Waals surface area contributed by atoms with Crippen LogP contribution >= 0.6 is 0 Å². The van der Waals surface area contributed by atoms with Gasteiger partial charge in [-0.15, -0.1) is 0 Å². The van der Waals surface area contributed by atoms with Crippen LogP contribution in [-0.4, -0.2) is 36.9 Å². The average Bonchev–Trinajstić information content (AvgIpc) is 2.87. The molecule has 1 aliphatic carbocycles. The normalized spacial score (nSPS) is 30.3. The minimum absolute atomic E-state index is 0.115. The summed E-state index contributed by atoms with van der Waals surface area (Å²) in [6.45, 7) is 7.72. The topological polar surface area (TPSA) is 49.8 Å². The maximum atomic E-state index is 13.1. The predicted octanol–water partition coefficient (Wildman–Crippen LogP) is 3.66. The third-order valence-corrected chi connectivity index (χ3v) is 6.11. The summed E-state index contributed by atoms with van der Waals surface area (Å²) in [5.41, 5.74) is 1.33. The molecular formula is C21H31NO3. The first-order valence-corrected chi connectivity index (χ1v) is 9.33. The van der Waals surface area contributed by atoms with Gasteiger partial charge in [0.05, 0.1) is 17.6 Å². The zero-order valence-corrected chi connectivity index (χ0v) is 16.0. The molecule has 0 atom stereocenters. The number of ether oxygens (including phenoxy) is 1. The average molecular weight is 345 g/mol. The fourth-order valence-electron chi connectivity index (χ4n) is 4.28. The van der Waals surface area contributed by atoms with Crippen LogP contribution in [0.1, 0.15) is 58.4 Å². The first-order chi connectivity index (χ1) is 11.7. The summed E-state index contributed by atoms with van der Waals surface area (Å²) >= 11 is 0. The van der Waals surface area contributed by atoms with Crippen molar-refractivity contribution in [3.05, 3.63) is 29.8 Å². The maximum Gasteiger partial charge on any atom is 0.233 e. The molecule has 1 aliphatic heterocycles. The largest absolute Gasteiger partial charge is 0.387 e. The number of hydrogen-bond donors (Lipinski definition) is 1. The molecule has 0 radical (unpaired) electrons. The second-order valence-electron chi connectivity index (χ2n) is 8.94. The van der Waals surface area contributed by atoms with Crippen molar-refractivity contribution < 1.29 is 14.6 Å². The molecule has 1 aromatic rings. The number of amides is 1. The fraction of sp³-hybridized carbons (Fsp3) is 0.667. The smallest absolute Gasteiger partial charge is 0.233 e. The Hall–Kier alpha value is -1.39. The van der Waals surface area contributed by atoms with Gasteiger partial charge in [0.15, 0.2) is 0 Å². The SMILES string of the molecule is COC[C@]1(O)CC[C@]2(CCN(c3ccc(C(C)(C)C)cc3)C2=O)CC1. The second kappa shape index (κ2) is 6.40. The molecule has 0 bridgehead atoms. The van der Waals surface area contributed by atoms with Crippen molar-refractivity contribution in [2.45, 2.75) is 63.9 Å². The molecule has 1 spiro atoms. The van der Waals surface area contributed by atoms with Crippen LogP contribution in [0.3, 0.4) is 0 Å². The van der Waals surface area contributed by atoms with Gasteiger partial charge < -0.3 is 14.7 Å². The molecule has 1 aromatic carbocycles. The first kappa shape index (κ1) is 18.4. The molecule has 25 heavy (non-hydrogen) atoms. The van der Waals surface area contributed by atoms with Crippen LogP contribution in [0.2, 0.25) is 0 Å². The number of benzene rings is 1. The van der Waals surface area contributed by atoms with Gasteiger partial charge in [0.1, 0.15) is 0 Å². The zero-order valence-electron chi connectivity index (χ0n) is 16.0. The van der Waals surface area contributed by atoms with Crippen LogP contribution in [0.25, 0.3) is 0 Å². The molecule has 3 rings (SSSR count). The van der Waals surface area contributed by atoms with Crippen molar-refractivity contribution in [1.82, 2.24) is 0 Å². The summed E-state index contributed by atoms with van der Waals surface area (Å²) in [4.78, 5) is 15.1. The van der Waals surface area contributed by atoms with Crippen molar-refractivity contribution in [2.75, 3.05) is 25.2 Å². The molecular weight excluding hydrogens is 314 g/mol. The molecule has 1 N–H and O–H groups in total. The standard InChI is InChI=1S/C21H31NO3/c1-19(2,3)16-5-7-17(8-6-16)22-14-13-20(18(22)23)9-11-21(24,12-10-20)15-25-4/h5-8,24H,9-15H2,1-4H3/t20-,21+. The number of methoxy groups -OCH3 is 1. The van der Waals surface area contributed by atoms with Gasteiger partial charge in [-0.05, 0) is 55.2 Å². The highest BCUT2D eigenvalue weighted by Crippen LogP contribution is 2.48. The Balaban J connectivity index is 1.72. The van der Waals surface area contributed by atoms with Gasteiger partial charge in [0.2, 0.25) is 5.91 Å². The summed E-state index contributed by atoms with van der Waals surface area (Å²) in [5, 5.41) is 10.5. The van der Waals surface area contributed by atoms with Crippen molar-refractivity contribution in [3.8, 4) is 0 Å². The zero-order chi connectivity index (χ0) is 18.3. The van der Waals surface area contributed by atoms with Crippen LogP contribution < -0.4 is 4.90 Å². The van der Waals surface area contributed by atoms with Crippen molar-refractivity contribution in [3.63, 3.8) is 0 Å². The van der Waals surface area contributed by atoms with E-state index in [1.54, 1.807) is 7.11 Å². The van der Waals surface area contributed by atoms with Gasteiger partial charge in [-0.25, -0.2) is 0 Å². The number of nitrogens with zero attached hydrogens (tertiary/aromatic N) is 1. The fourth-order valence-corrected chi connectivity index (χ4v) is 4.28. The Morgan fingerprint density at radius 3 is 2.20 bits per heavy atom. The highest BCUT2D eigenvalue weighted by Gasteiger charge is 2.51. The van der Waals surface area contributed by atoms with E-state index in [1.165, 1.54) is 5.56 Å². The van der Waals surface area contributed by atoms with Gasteiger partial charge in [-0.2, -0.15) is 0 Å². The van der Waals surface area contributed by atoms with E-state index in [0.29, 0.717) is 19.4 Å². The summed E-state index contributed by atoms with van der Waals surface area (Å²) < 4.78 is 5.15. The van der Waals surface area contributed by atoms with Crippen LogP contribution in [-0.2, 0) is 14.9 Å². The minimum Gasteiger partial charge on any atom is -0.387 e. The highest BCUT2D eigenvalue weighted by atomic mass is 16.5. The first-order valence-electron chi connectivity index (χ1n) is 9.33. The van der Waals surface area contributed by atoms with Crippen LogP contribution in [0, 0.1) is 5.41 Å². The van der Waals surface area contributed by atoms with Gasteiger partial charge >= 0.3 is 0 Å². The molecule has 1 saturated heterocycles. The van der Waals surface area contributed by atoms with Gasteiger partial charge in [0, 0.05) is 19.3 Å². The maximum absolute atomic E-state index is 13.1. The molecule has 0 unspecified atom stereocenters. The van der Waals surface area contributed by atoms with E-state index in [0.717, 1.165) is 31.5 Å². The summed E-state index contributed by atoms with van der Waals surface area (Å²) in [6.07, 6.45) is 3.67. The van der Waals surface area contributed by atoms with E-state index in [2.05, 4.69) is 45.0 Å². The Kier molecular flexibility index (Phi) is 4.71.